The van der Waals surface area contributed by atoms with Gasteiger partial charge in [0, 0.05) is 89.5 Å². The maximum atomic E-state index is 6.29. The number of para-hydroxylation sites is 6. The van der Waals surface area contributed by atoms with Crippen LogP contribution in [0.2, 0.25) is 0 Å². The lowest BCUT2D eigenvalue weighted by Gasteiger charge is -2.29. The van der Waals surface area contributed by atoms with Crippen LogP contribution in [0.5, 0.6) is 0 Å². The third-order valence-electron chi connectivity index (χ3n) is 23.8. The molecule has 0 saturated carbocycles. The zero-order chi connectivity index (χ0) is 83.9. The molecule has 0 amide bonds. The van der Waals surface area contributed by atoms with E-state index in [0.29, 0.717) is 0 Å². The number of hydrogen-bond acceptors (Lipinski definition) is 6. The van der Waals surface area contributed by atoms with Crippen molar-refractivity contribution in [2.45, 2.75) is 0 Å². The molecule has 6 nitrogen and oxygen atoms in total. The lowest BCUT2D eigenvalue weighted by molar-refractivity contribution is 0.668. The average molecular weight is 1610 g/mol. The van der Waals surface area contributed by atoms with Crippen molar-refractivity contribution in [2.75, 3.05) is 19.6 Å². The first-order chi connectivity index (χ1) is 62.5. The molecule has 0 spiro atoms. The van der Waals surface area contributed by atoms with Gasteiger partial charge in [-0.3, -0.25) is 0 Å². The first-order valence-corrected chi connectivity index (χ1v) is 42.8. The van der Waals surface area contributed by atoms with Gasteiger partial charge < -0.3 is 28.4 Å². The highest BCUT2D eigenvalue weighted by molar-refractivity contribution is 6.07. The van der Waals surface area contributed by atoms with Gasteiger partial charge in [-0.2, -0.15) is 0 Å². The summed E-state index contributed by atoms with van der Waals surface area (Å²) in [5.74, 6) is 0. The van der Waals surface area contributed by atoms with Crippen molar-refractivity contribution >= 4 is 112 Å². The Morgan fingerprint density at radius 2 is 0.333 bits per heavy atom. The van der Waals surface area contributed by atoms with E-state index < -0.39 is 0 Å². The molecule has 0 aliphatic rings. The van der Waals surface area contributed by atoms with E-state index in [1.165, 1.54) is 44.5 Å². The Morgan fingerprint density at radius 1 is 0.119 bits per heavy atom. The lowest BCUT2D eigenvalue weighted by atomic mass is 9.99. The molecule has 0 fully saturated rings. The maximum Gasteiger partial charge on any atom is 0.136 e. The van der Waals surface area contributed by atoms with Crippen LogP contribution in [0.4, 0.5) is 68.2 Å². The van der Waals surface area contributed by atoms with Gasteiger partial charge in [-0.05, 0) is 248 Å². The maximum absolute atomic E-state index is 6.29. The van der Waals surface area contributed by atoms with Gasteiger partial charge >= 0.3 is 0 Å². The zero-order valence-electron chi connectivity index (χ0n) is 69.1. The number of furan rings is 2. The Balaban J connectivity index is 0.000000157. The summed E-state index contributed by atoms with van der Waals surface area (Å²) in [6, 6.07) is 182. The fraction of sp³-hybridized carbons (Fsp3) is 0. The molecule has 20 aromatic carbocycles. The summed E-state index contributed by atoms with van der Waals surface area (Å²) in [4.78, 5) is 9.42. The van der Waals surface area contributed by atoms with Gasteiger partial charge in [-0.25, -0.2) is 0 Å². The molecule has 2 heterocycles. The highest BCUT2D eigenvalue weighted by Gasteiger charge is 2.24. The average Bonchev–Trinajstić information content (AvgIpc) is 1.44. The Morgan fingerprint density at radius 3 is 0.651 bits per heavy atom. The highest BCUT2D eigenvalue weighted by atomic mass is 16.3. The Hall–Kier alpha value is -16.8. The second-order valence-electron chi connectivity index (χ2n) is 31.5. The SMILES string of the molecule is c1ccc(-c2ccc(N(c3ccc(-c4ccc5c(c4)oc4ccccc45)cc3)c3cccc(-c4ccccc4N(c4ccc(-c5ccccc5)cc4)c4ccc(-c5ccccc5)cc4)c3)cc2)cc1.c1ccc(-c2ccc(N(c3ccc(-c4ccc5c(c4)oc4ccccc45)cc3)c3cccc(-c4ccccc4N(c4ccccc4)c4ccccc4)c3)cc2)cc1. The van der Waals surface area contributed by atoms with Crippen molar-refractivity contribution in [2.24, 2.45) is 0 Å². The molecular formula is C120H84N4O2. The van der Waals surface area contributed by atoms with Crippen LogP contribution in [0.15, 0.2) is 518 Å². The molecule has 6 heteroatoms. The minimum atomic E-state index is 0.891. The second-order valence-corrected chi connectivity index (χ2v) is 31.5. The van der Waals surface area contributed by atoms with E-state index in [2.05, 4.69) is 505 Å². The van der Waals surface area contributed by atoms with Crippen molar-refractivity contribution in [1.29, 1.82) is 0 Å². The number of benzene rings is 20. The van der Waals surface area contributed by atoms with Gasteiger partial charge in [-0.15, -0.1) is 0 Å². The molecule has 126 heavy (non-hydrogen) atoms. The molecule has 0 radical (unpaired) electrons. The number of anilines is 12. The van der Waals surface area contributed by atoms with E-state index >= 15 is 0 Å². The van der Waals surface area contributed by atoms with Gasteiger partial charge in [0.05, 0.1) is 11.4 Å². The van der Waals surface area contributed by atoms with Crippen LogP contribution < -0.4 is 19.6 Å². The van der Waals surface area contributed by atoms with Crippen molar-refractivity contribution in [3.05, 3.63) is 510 Å². The molecule has 22 rings (SSSR count). The van der Waals surface area contributed by atoms with Gasteiger partial charge in [-0.1, -0.05) is 340 Å². The van der Waals surface area contributed by atoms with E-state index in [4.69, 9.17) is 8.83 Å². The Labute approximate surface area is 734 Å². The van der Waals surface area contributed by atoms with Crippen LogP contribution in [-0.4, -0.2) is 0 Å². The number of nitrogens with zero attached hydrogens (tertiary/aromatic N) is 4. The van der Waals surface area contributed by atoms with Crippen molar-refractivity contribution in [3.8, 4) is 89.0 Å². The fourth-order valence-corrected chi connectivity index (χ4v) is 17.5. The minimum absolute atomic E-state index is 0.891. The van der Waals surface area contributed by atoms with Crippen LogP contribution in [0.1, 0.15) is 0 Å². The largest absolute Gasteiger partial charge is 0.456 e. The van der Waals surface area contributed by atoms with Crippen LogP contribution in [0, 0.1) is 0 Å². The quantitative estimate of drug-likeness (QED) is 0.0757. The fourth-order valence-electron chi connectivity index (χ4n) is 17.5. The number of rotatable bonds is 20. The van der Waals surface area contributed by atoms with Crippen molar-refractivity contribution in [1.82, 2.24) is 0 Å². The normalized spacial score (nSPS) is 11.2. The molecule has 0 aliphatic carbocycles. The predicted octanol–water partition coefficient (Wildman–Crippen LogP) is 34.4. The molecule has 0 atom stereocenters. The summed E-state index contributed by atoms with van der Waals surface area (Å²) in [6.45, 7) is 0. The van der Waals surface area contributed by atoms with Crippen LogP contribution in [0.3, 0.4) is 0 Å². The topological polar surface area (TPSA) is 39.2 Å². The van der Waals surface area contributed by atoms with E-state index in [0.717, 1.165) is 157 Å². The summed E-state index contributed by atoms with van der Waals surface area (Å²) in [6.07, 6.45) is 0. The lowest BCUT2D eigenvalue weighted by Crippen LogP contribution is -2.12. The predicted molar refractivity (Wildman–Crippen MR) is 530 cm³/mol. The zero-order valence-corrected chi connectivity index (χ0v) is 69.1. The summed E-state index contributed by atoms with van der Waals surface area (Å²) in [7, 11) is 0. The molecular weight excluding hydrogens is 1530 g/mol. The monoisotopic (exact) mass is 1610 g/mol. The minimum Gasteiger partial charge on any atom is -0.456 e. The first-order valence-electron chi connectivity index (χ1n) is 42.8. The summed E-state index contributed by atoms with van der Waals surface area (Å²) < 4.78 is 12.5. The van der Waals surface area contributed by atoms with E-state index in [1.54, 1.807) is 0 Å². The van der Waals surface area contributed by atoms with E-state index in [9.17, 15) is 0 Å². The van der Waals surface area contributed by atoms with Crippen LogP contribution >= 0.6 is 0 Å². The highest BCUT2D eigenvalue weighted by Crippen LogP contribution is 2.48. The molecule has 596 valence electrons. The molecule has 0 bridgehead atoms. The number of hydrogen-bond donors (Lipinski definition) is 0. The Bertz CT molecular complexity index is 7390. The molecule has 0 unspecified atom stereocenters. The van der Waals surface area contributed by atoms with Crippen LogP contribution in [0.25, 0.3) is 133 Å². The van der Waals surface area contributed by atoms with Crippen molar-refractivity contribution in [3.63, 3.8) is 0 Å². The number of fused-ring (bicyclic) bond motifs is 6. The molecule has 22 aromatic rings. The third kappa shape index (κ3) is 15.7. The smallest absolute Gasteiger partial charge is 0.136 e. The summed E-state index contributed by atoms with van der Waals surface area (Å²) in [5.41, 5.74) is 35.0. The van der Waals surface area contributed by atoms with Crippen molar-refractivity contribution < 1.29 is 8.83 Å². The second kappa shape index (κ2) is 34.7. The van der Waals surface area contributed by atoms with E-state index in [-0.39, 0.29) is 0 Å². The molecule has 2 aromatic heterocycles. The van der Waals surface area contributed by atoms with Crippen LogP contribution in [-0.2, 0) is 0 Å². The Kier molecular flexibility index (Phi) is 21.1. The van der Waals surface area contributed by atoms with Gasteiger partial charge in [0.25, 0.3) is 0 Å². The molecule has 0 saturated heterocycles. The van der Waals surface area contributed by atoms with E-state index in [1.807, 2.05) is 24.3 Å². The van der Waals surface area contributed by atoms with Gasteiger partial charge in [0.1, 0.15) is 22.3 Å². The van der Waals surface area contributed by atoms with Gasteiger partial charge in [0.15, 0.2) is 0 Å². The third-order valence-corrected chi connectivity index (χ3v) is 23.8. The van der Waals surface area contributed by atoms with Gasteiger partial charge in [0.2, 0.25) is 0 Å². The molecule has 0 N–H and O–H groups in total. The standard InChI is InChI=1S/C66H46N2O.C54H38N2O/c1-4-15-47(16-5-1)50-27-36-56(37-28-50)67(57-38-33-53(34-39-57)54-35-44-63-62-24-11-13-26-65(62)69-66(63)46-54)60-22-14-21-55(45-60)61-23-10-12-25-64(61)68(58-40-29-51(30-41-58)48-17-6-2-7-18-48)59-42-31-52(32-43-59)49-19-8-3-9-20-49;1-4-15-39(16-5-1)40-27-32-46(33-28-40)55(47-34-29-41(30-35-47)42-31-36-51-50-24-11-13-26-53(50)57-54(51)38-42)48-22-14-17-43(37-48)49-23-10-12-25-52(49)56(44-18-6-2-7-19-44)45-20-8-3-9-21-45/h1-46H;1-38H. The summed E-state index contributed by atoms with van der Waals surface area (Å²) in [5, 5.41) is 4.53. The molecule has 0 aliphatic heterocycles. The summed E-state index contributed by atoms with van der Waals surface area (Å²) >= 11 is 0. The first kappa shape index (κ1) is 76.6.